The summed E-state index contributed by atoms with van der Waals surface area (Å²) in [6.45, 7) is 12.1. The van der Waals surface area contributed by atoms with Gasteiger partial charge < -0.3 is 0 Å². The molecule has 0 saturated heterocycles. The normalized spacial score (nSPS) is 48.8. The van der Waals surface area contributed by atoms with Gasteiger partial charge in [-0.05, 0) is 90.9 Å². The molecule has 134 valence electrons. The van der Waals surface area contributed by atoms with Gasteiger partial charge in [0.1, 0.15) is 0 Å². The van der Waals surface area contributed by atoms with E-state index >= 15 is 0 Å². The Morgan fingerprint density at radius 3 is 2.58 bits per heavy atom. The van der Waals surface area contributed by atoms with E-state index in [4.69, 9.17) is 0 Å². The quantitative estimate of drug-likeness (QED) is 0.631. The molecule has 3 fully saturated rings. The monoisotopic (exact) mass is 328 g/mol. The summed E-state index contributed by atoms with van der Waals surface area (Å²) >= 11 is 0. The second kappa shape index (κ2) is 5.71. The number of hydrogen-bond acceptors (Lipinski definition) is 1. The first kappa shape index (κ1) is 16.9. The van der Waals surface area contributed by atoms with Crippen molar-refractivity contribution in [2.24, 2.45) is 52.8 Å². The van der Waals surface area contributed by atoms with Crippen molar-refractivity contribution in [1.29, 1.82) is 0 Å². The minimum absolute atomic E-state index is 0.381. The zero-order valence-electron chi connectivity index (χ0n) is 16.3. The molecular weight excluding hydrogens is 292 g/mol. The molecule has 8 atom stereocenters. The van der Waals surface area contributed by atoms with Gasteiger partial charge in [0.2, 0.25) is 0 Å². The van der Waals surface area contributed by atoms with E-state index in [1.54, 1.807) is 0 Å². The number of rotatable bonds is 3. The molecule has 0 radical (unpaired) electrons. The van der Waals surface area contributed by atoms with Crippen LogP contribution in [0.2, 0.25) is 0 Å². The van der Waals surface area contributed by atoms with Crippen molar-refractivity contribution < 1.29 is 4.79 Å². The summed E-state index contributed by atoms with van der Waals surface area (Å²) in [5.41, 5.74) is 2.13. The van der Waals surface area contributed by atoms with Crippen LogP contribution in [0.4, 0.5) is 0 Å². The second-order valence-corrected chi connectivity index (χ2v) is 10.3. The molecule has 3 saturated carbocycles. The number of hydrogen-bond donors (Lipinski definition) is 0. The average molecular weight is 329 g/mol. The first-order valence-corrected chi connectivity index (χ1v) is 10.6. The van der Waals surface area contributed by atoms with E-state index in [1.165, 1.54) is 31.3 Å². The molecule has 0 spiro atoms. The highest BCUT2D eigenvalue weighted by Gasteiger charge is 2.64. The standard InChI is InChI=1S/C23H36O/c1-13(2)14(3)19-11-17(24)6-7-18(19)16-8-9-23(5)15(4)20-12-21(20)22(23)10-16/h11,13-16,18,20-22H,6-10,12H2,1-5H3. The molecular formula is C23H36O. The van der Waals surface area contributed by atoms with E-state index in [-0.39, 0.29) is 0 Å². The SMILES string of the molecule is CC(C)C(C)C1=CC(=O)CCC1C1CCC2(C)C(C)C3CC3C2C1. The molecule has 0 aliphatic heterocycles. The summed E-state index contributed by atoms with van der Waals surface area (Å²) in [7, 11) is 0. The lowest BCUT2D eigenvalue weighted by atomic mass is 9.57. The summed E-state index contributed by atoms with van der Waals surface area (Å²) in [6.07, 6.45) is 9.77. The lowest BCUT2D eigenvalue weighted by molar-refractivity contribution is -0.115. The van der Waals surface area contributed by atoms with Crippen LogP contribution < -0.4 is 0 Å². The number of fused-ring (bicyclic) bond motifs is 3. The second-order valence-electron chi connectivity index (χ2n) is 10.3. The van der Waals surface area contributed by atoms with Gasteiger partial charge in [-0.3, -0.25) is 4.79 Å². The van der Waals surface area contributed by atoms with E-state index in [0.29, 0.717) is 29.0 Å². The Labute approximate surface area is 148 Å². The third-order valence-corrected chi connectivity index (χ3v) is 9.10. The van der Waals surface area contributed by atoms with Gasteiger partial charge >= 0.3 is 0 Å². The predicted octanol–water partition coefficient (Wildman–Crippen LogP) is 5.89. The molecule has 0 aromatic carbocycles. The fourth-order valence-corrected chi connectivity index (χ4v) is 6.94. The van der Waals surface area contributed by atoms with Gasteiger partial charge in [0.05, 0.1) is 0 Å². The molecule has 0 bridgehead atoms. The summed E-state index contributed by atoms with van der Waals surface area (Å²) in [4.78, 5) is 12.1. The zero-order valence-corrected chi connectivity index (χ0v) is 16.3. The Bertz CT molecular complexity index is 558. The van der Waals surface area contributed by atoms with Gasteiger partial charge in [0, 0.05) is 6.42 Å². The molecule has 0 aromatic rings. The van der Waals surface area contributed by atoms with Crippen molar-refractivity contribution in [2.75, 3.05) is 0 Å². The molecule has 1 heteroatoms. The van der Waals surface area contributed by atoms with Crippen molar-refractivity contribution >= 4 is 5.78 Å². The topological polar surface area (TPSA) is 17.1 Å². The molecule has 0 aromatic heterocycles. The smallest absolute Gasteiger partial charge is 0.155 e. The maximum Gasteiger partial charge on any atom is 0.155 e. The van der Waals surface area contributed by atoms with Crippen molar-refractivity contribution in [3.05, 3.63) is 11.6 Å². The van der Waals surface area contributed by atoms with Crippen LogP contribution in [0.3, 0.4) is 0 Å². The molecule has 1 nitrogen and oxygen atoms in total. The van der Waals surface area contributed by atoms with Crippen molar-refractivity contribution in [1.82, 2.24) is 0 Å². The maximum atomic E-state index is 12.1. The van der Waals surface area contributed by atoms with Crippen molar-refractivity contribution in [2.45, 2.75) is 73.1 Å². The lowest BCUT2D eigenvalue weighted by Crippen LogP contribution is -2.40. The molecule has 0 heterocycles. The highest BCUT2D eigenvalue weighted by Crippen LogP contribution is 2.71. The van der Waals surface area contributed by atoms with E-state index in [1.807, 2.05) is 0 Å². The van der Waals surface area contributed by atoms with Gasteiger partial charge in [-0.2, -0.15) is 0 Å². The number of ketones is 1. The minimum atomic E-state index is 0.381. The lowest BCUT2D eigenvalue weighted by Gasteiger charge is -2.48. The highest BCUT2D eigenvalue weighted by atomic mass is 16.1. The Hall–Kier alpha value is -0.590. The van der Waals surface area contributed by atoms with Crippen molar-refractivity contribution in [3.63, 3.8) is 0 Å². The molecule has 24 heavy (non-hydrogen) atoms. The maximum absolute atomic E-state index is 12.1. The number of allylic oxidation sites excluding steroid dienone is 2. The van der Waals surface area contributed by atoms with Gasteiger partial charge in [-0.1, -0.05) is 40.2 Å². The Kier molecular flexibility index (Phi) is 4.01. The first-order chi connectivity index (χ1) is 11.3. The van der Waals surface area contributed by atoms with Crippen molar-refractivity contribution in [3.8, 4) is 0 Å². The Morgan fingerprint density at radius 1 is 1.12 bits per heavy atom. The fourth-order valence-electron chi connectivity index (χ4n) is 6.94. The van der Waals surface area contributed by atoms with E-state index in [0.717, 1.165) is 42.4 Å². The van der Waals surface area contributed by atoms with E-state index in [9.17, 15) is 4.79 Å². The minimum Gasteiger partial charge on any atom is -0.295 e. The van der Waals surface area contributed by atoms with E-state index in [2.05, 4.69) is 40.7 Å². The van der Waals surface area contributed by atoms with Crippen LogP contribution in [0.5, 0.6) is 0 Å². The number of carbonyl (C=O) groups is 1. The molecule has 4 rings (SSSR count). The molecule has 4 aliphatic carbocycles. The molecule has 8 unspecified atom stereocenters. The Balaban J connectivity index is 1.55. The largest absolute Gasteiger partial charge is 0.295 e. The third-order valence-electron chi connectivity index (χ3n) is 9.10. The van der Waals surface area contributed by atoms with Gasteiger partial charge in [0.15, 0.2) is 5.78 Å². The van der Waals surface area contributed by atoms with Gasteiger partial charge in [0.25, 0.3) is 0 Å². The van der Waals surface area contributed by atoms with Crippen LogP contribution in [0, 0.1) is 52.8 Å². The Morgan fingerprint density at radius 2 is 1.88 bits per heavy atom. The summed E-state index contributed by atoms with van der Waals surface area (Å²) in [5.74, 6) is 7.14. The third kappa shape index (κ3) is 2.44. The number of carbonyl (C=O) groups excluding carboxylic acids is 1. The van der Waals surface area contributed by atoms with Gasteiger partial charge in [-0.25, -0.2) is 0 Å². The van der Waals surface area contributed by atoms with Crippen LogP contribution >= 0.6 is 0 Å². The first-order valence-electron chi connectivity index (χ1n) is 10.6. The predicted molar refractivity (Wildman–Crippen MR) is 99.5 cm³/mol. The van der Waals surface area contributed by atoms with Crippen LogP contribution in [0.15, 0.2) is 11.6 Å². The summed E-state index contributed by atoms with van der Waals surface area (Å²) < 4.78 is 0. The highest BCUT2D eigenvalue weighted by molar-refractivity contribution is 5.91. The van der Waals surface area contributed by atoms with Crippen LogP contribution in [0.1, 0.15) is 73.1 Å². The zero-order chi connectivity index (χ0) is 17.2. The average Bonchev–Trinajstić information content (AvgIpc) is 3.30. The summed E-state index contributed by atoms with van der Waals surface area (Å²) in [5, 5.41) is 0. The molecule has 0 N–H and O–H groups in total. The summed E-state index contributed by atoms with van der Waals surface area (Å²) in [6, 6.07) is 0. The van der Waals surface area contributed by atoms with Crippen LogP contribution in [-0.2, 0) is 4.79 Å². The molecule has 4 aliphatic rings. The fraction of sp³-hybridized carbons (Fsp3) is 0.870. The van der Waals surface area contributed by atoms with Gasteiger partial charge in [-0.15, -0.1) is 0 Å². The molecule has 0 amide bonds. The van der Waals surface area contributed by atoms with Crippen LogP contribution in [0.25, 0.3) is 0 Å². The van der Waals surface area contributed by atoms with E-state index < -0.39 is 0 Å². The van der Waals surface area contributed by atoms with Crippen LogP contribution in [-0.4, -0.2) is 5.78 Å².